The van der Waals surface area contributed by atoms with Gasteiger partial charge in [0.25, 0.3) is 0 Å². The van der Waals surface area contributed by atoms with Crippen LogP contribution in [0.4, 0.5) is 0 Å². The van der Waals surface area contributed by atoms with E-state index in [1.54, 1.807) is 0 Å². The zero-order valence-corrected chi connectivity index (χ0v) is 24.2. The van der Waals surface area contributed by atoms with Gasteiger partial charge in [-0.25, -0.2) is 0 Å². The molecule has 170 valence electrons. The van der Waals surface area contributed by atoms with Crippen molar-refractivity contribution in [2.45, 2.75) is 46.0 Å². The molecule has 3 aromatic rings. The van der Waals surface area contributed by atoms with Crippen LogP contribution in [0.15, 0.2) is 54.6 Å². The second kappa shape index (κ2) is 15.5. The maximum absolute atomic E-state index is 8.21. The zero-order chi connectivity index (χ0) is 22.7. The van der Waals surface area contributed by atoms with Gasteiger partial charge in [0.15, 0.2) is 8.32 Å². The maximum Gasteiger partial charge on any atom is -0.0771 e. The van der Waals surface area contributed by atoms with Crippen molar-refractivity contribution >= 4 is 51.1 Å². The first-order valence-corrected chi connectivity index (χ1v) is 20.7. The van der Waals surface area contributed by atoms with Crippen LogP contribution in [0.2, 0.25) is 19.6 Å². The summed E-state index contributed by atoms with van der Waals surface area (Å²) in [6, 6.07) is 19.3. The fourth-order valence-electron chi connectivity index (χ4n) is 2.10. The minimum atomic E-state index is -1.85. The van der Waals surface area contributed by atoms with Crippen LogP contribution in [-0.2, 0) is 23.3 Å². The van der Waals surface area contributed by atoms with Crippen LogP contribution in [0.25, 0.3) is 27.3 Å². The molecule has 0 amide bonds. The Morgan fingerprint density at radius 3 is 1.53 bits per heavy atom. The van der Waals surface area contributed by atoms with Gasteiger partial charge in [-0.1, -0.05) is 57.2 Å². The molecule has 0 aliphatic carbocycles. The second-order valence-electron chi connectivity index (χ2n) is 8.29. The van der Waals surface area contributed by atoms with Crippen molar-refractivity contribution in [1.82, 2.24) is 0 Å². The predicted molar refractivity (Wildman–Crippen MR) is 138 cm³/mol. The van der Waals surface area contributed by atoms with E-state index in [1.807, 2.05) is 40.4 Å². The number of aliphatic hydroxyl groups excluding tert-OH is 1. The molecule has 3 aromatic carbocycles. The first-order chi connectivity index (χ1) is 13.2. The summed E-state index contributed by atoms with van der Waals surface area (Å²) in [6.07, 6.45) is 0. The van der Waals surface area contributed by atoms with Crippen LogP contribution >= 0.6 is 17.0 Å². The van der Waals surface area contributed by atoms with Gasteiger partial charge in [-0.05, 0) is 19.6 Å². The van der Waals surface area contributed by atoms with Crippen LogP contribution in [-0.4, -0.2) is 30.0 Å². The molecule has 0 bridgehead atoms. The molecule has 7 heteroatoms. The van der Waals surface area contributed by atoms with Crippen molar-refractivity contribution in [1.29, 1.82) is 0 Å². The molecule has 0 spiro atoms. The molecule has 0 saturated heterocycles. The number of fused-ring (bicyclic) bond motifs is 3. The summed E-state index contributed by atoms with van der Waals surface area (Å²) in [5, 5.41) is 13.6. The number of nitrogens with one attached hydrogen (secondary N) is 1. The topological polar surface area (TPSA) is 53.3 Å². The van der Waals surface area contributed by atoms with E-state index in [1.165, 1.54) is 21.5 Å². The molecule has 0 atom stereocenters. The predicted octanol–water partition coefficient (Wildman–Crippen LogP) is 8.13. The third-order valence-electron chi connectivity index (χ3n) is 3.02. The van der Waals surface area contributed by atoms with Gasteiger partial charge in [0.05, 0.1) is 0 Å². The van der Waals surface area contributed by atoms with E-state index in [-0.39, 0.29) is 19.8 Å². The third kappa shape index (κ3) is 17.4. The summed E-state index contributed by atoms with van der Waals surface area (Å²) >= 11 is -1.85. The molecule has 3 nitrogen and oxygen atoms in total. The molecular formula is C23H36Cl2NO2SiZr-3. The molecule has 0 fully saturated rings. The Bertz CT molecular complexity index is 810. The molecule has 0 radical (unpaired) electrons. The van der Waals surface area contributed by atoms with Crippen LogP contribution in [0.3, 0.4) is 0 Å². The van der Waals surface area contributed by atoms with E-state index in [9.17, 15) is 0 Å². The van der Waals surface area contributed by atoms with Gasteiger partial charge in [0, 0.05) is 0 Å². The third-order valence-corrected chi connectivity index (χ3v) is 4.02. The van der Waals surface area contributed by atoms with Crippen molar-refractivity contribution in [2.75, 3.05) is 6.79 Å². The SMILES string of the molecule is CC(C)(C)[NH-].C[Si](C)(C)OCO.[CH2]=[Zr]([Cl])[Cl].[CH3-].c1ccc2c(c1)[cH-]c1ccccc12. The molecule has 0 heterocycles. The molecule has 30 heavy (non-hydrogen) atoms. The van der Waals surface area contributed by atoms with Crippen LogP contribution in [0.1, 0.15) is 20.8 Å². The minimum absolute atomic E-state index is 0. The fourth-order valence-corrected chi connectivity index (χ4v) is 2.48. The smallest absolute Gasteiger partial charge is 0.0771 e. The van der Waals surface area contributed by atoms with Gasteiger partial charge in [-0.15, -0.1) is 45.3 Å². The Kier molecular flexibility index (Phi) is 16.5. The summed E-state index contributed by atoms with van der Waals surface area (Å²) in [5.41, 5.74) is 6.69. The van der Waals surface area contributed by atoms with E-state index >= 15 is 0 Å². The molecular weight excluding hydrogens is 512 g/mol. The minimum Gasteiger partial charge on any atom is -0.358 e. The van der Waals surface area contributed by atoms with Crippen molar-refractivity contribution in [3.8, 4) is 0 Å². The molecule has 0 aliphatic heterocycles. The molecule has 0 aromatic heterocycles. The quantitative estimate of drug-likeness (QED) is 0.200. The Morgan fingerprint density at radius 1 is 1.00 bits per heavy atom. The molecule has 0 aliphatic rings. The summed E-state index contributed by atoms with van der Waals surface area (Å²) < 4.78 is 8.29. The van der Waals surface area contributed by atoms with Crippen LogP contribution < -0.4 is 0 Å². The first-order valence-electron chi connectivity index (χ1n) is 9.27. The van der Waals surface area contributed by atoms with Crippen molar-refractivity contribution in [3.63, 3.8) is 0 Å². The molecule has 0 saturated carbocycles. The average molecular weight is 549 g/mol. The van der Waals surface area contributed by atoms with Crippen LogP contribution in [0.5, 0.6) is 0 Å². The van der Waals surface area contributed by atoms with E-state index in [0.29, 0.717) is 0 Å². The molecule has 3 rings (SSSR count). The number of rotatable bonds is 2. The van der Waals surface area contributed by atoms with Crippen LogP contribution in [0, 0.1) is 7.43 Å². The maximum atomic E-state index is 8.21. The Hall–Kier alpha value is -0.260. The zero-order valence-electron chi connectivity index (χ0n) is 19.2. The van der Waals surface area contributed by atoms with E-state index in [0.717, 1.165) is 0 Å². The van der Waals surface area contributed by atoms with E-state index in [2.05, 4.69) is 58.8 Å². The first kappa shape index (κ1) is 31.9. The fraction of sp³-hybridized carbons (Fsp3) is 0.348. The van der Waals surface area contributed by atoms with Gasteiger partial charge in [-0.3, -0.25) is 0 Å². The van der Waals surface area contributed by atoms with Gasteiger partial charge < -0.3 is 22.7 Å². The van der Waals surface area contributed by atoms with E-state index in [4.69, 9.17) is 32.3 Å². The second-order valence-corrected chi connectivity index (χ2v) is 21.0. The standard InChI is InChI=1S/C13H9.C4H10N.C4H12O2Si.CH3.CH2.2ClH.Zr/c1-3-7-12-10(5-1)9-11-6-2-4-8-13(11)12;1-4(2,3)5;1-7(2,3)6-4-5;;;;;/h1-9H;5H,1-3H3;5H,4H2,1-3H3;1H3;1H2;2*1H;/q2*-1;;-1;;;;+2/p-2. The number of benzene rings is 2. The van der Waals surface area contributed by atoms with Gasteiger partial charge in [0.1, 0.15) is 6.79 Å². The van der Waals surface area contributed by atoms with Gasteiger partial charge in [0.2, 0.25) is 0 Å². The molecule has 2 N–H and O–H groups in total. The normalized spacial score (nSPS) is 10.5. The van der Waals surface area contributed by atoms with Crippen molar-refractivity contribution < 1.29 is 28.4 Å². The number of halogens is 2. The largest absolute Gasteiger partial charge is 0.358 e. The van der Waals surface area contributed by atoms with E-state index < -0.39 is 27.2 Å². The average Bonchev–Trinajstić information content (AvgIpc) is 2.91. The Balaban J connectivity index is 0. The summed E-state index contributed by atoms with van der Waals surface area (Å²) in [7, 11) is 8.84. The van der Waals surface area contributed by atoms with Crippen molar-refractivity contribution in [3.05, 3.63) is 67.8 Å². The summed E-state index contributed by atoms with van der Waals surface area (Å²) in [4.78, 5) is 0. The summed E-state index contributed by atoms with van der Waals surface area (Å²) in [5.74, 6) is 0. The van der Waals surface area contributed by atoms with Gasteiger partial charge >= 0.3 is 40.1 Å². The molecule has 0 unspecified atom stereocenters. The summed E-state index contributed by atoms with van der Waals surface area (Å²) in [6.45, 7) is 11.5. The Morgan fingerprint density at radius 2 is 1.30 bits per heavy atom. The number of hydrogen-bond donors (Lipinski definition) is 1. The number of aliphatic hydroxyl groups is 1. The van der Waals surface area contributed by atoms with Gasteiger partial charge in [-0.2, -0.15) is 0 Å². The monoisotopic (exact) mass is 546 g/mol. The van der Waals surface area contributed by atoms with Crippen molar-refractivity contribution in [2.24, 2.45) is 0 Å². The number of hydrogen-bond acceptors (Lipinski definition) is 2. The Labute approximate surface area is 198 Å².